The van der Waals surface area contributed by atoms with E-state index >= 15 is 0 Å². The van der Waals surface area contributed by atoms with E-state index in [4.69, 9.17) is 9.47 Å². The quantitative estimate of drug-likeness (QED) is 0.838. The third-order valence-electron chi connectivity index (χ3n) is 2.81. The molecule has 16 heavy (non-hydrogen) atoms. The molecule has 1 atom stereocenters. The summed E-state index contributed by atoms with van der Waals surface area (Å²) in [6.45, 7) is 3.71. The minimum atomic E-state index is -0.177. The van der Waals surface area contributed by atoms with Gasteiger partial charge in [-0.15, -0.1) is 0 Å². The summed E-state index contributed by atoms with van der Waals surface area (Å²) in [5.74, 6) is 1.45. The lowest BCUT2D eigenvalue weighted by Gasteiger charge is -2.35. The Hall–Kier alpha value is -1.42. The molecule has 2 rings (SSSR count). The zero-order valence-corrected chi connectivity index (χ0v) is 9.64. The van der Waals surface area contributed by atoms with Gasteiger partial charge in [0.2, 0.25) is 0 Å². The number of likely N-dealkylation sites (N-methyl/N-ethyl adjacent to an activating group) is 1. The van der Waals surface area contributed by atoms with Crippen molar-refractivity contribution in [3.8, 4) is 11.5 Å². The minimum Gasteiger partial charge on any atom is -0.493 e. The molecule has 4 nitrogen and oxygen atoms in total. The molecule has 88 valence electrons. The molecule has 1 aromatic carbocycles. The molecule has 4 heteroatoms. The molecule has 0 aromatic heterocycles. The number of para-hydroxylation sites is 1. The van der Waals surface area contributed by atoms with Crippen molar-refractivity contribution in [1.29, 1.82) is 0 Å². The molecule has 0 spiro atoms. The molecule has 0 amide bonds. The first-order chi connectivity index (χ1) is 7.80. The van der Waals surface area contributed by atoms with E-state index in [9.17, 15) is 5.11 Å². The standard InChI is InChI=1S/C12H17NO3/c1-3-13-7-9(8-14)16-12-10(13)5-4-6-11(12)15-2/h4-6,9,14H,3,7-8H2,1-2H3. The second-order valence-corrected chi connectivity index (χ2v) is 3.77. The number of nitrogens with zero attached hydrogens (tertiary/aromatic N) is 1. The number of benzene rings is 1. The summed E-state index contributed by atoms with van der Waals surface area (Å²) in [5, 5.41) is 9.20. The Morgan fingerprint density at radius 3 is 3.00 bits per heavy atom. The molecule has 1 aliphatic heterocycles. The molecule has 0 saturated carbocycles. The van der Waals surface area contributed by atoms with Gasteiger partial charge in [-0.05, 0) is 19.1 Å². The van der Waals surface area contributed by atoms with Gasteiger partial charge in [0.15, 0.2) is 11.5 Å². The van der Waals surface area contributed by atoms with Crippen LogP contribution in [0.1, 0.15) is 6.92 Å². The van der Waals surface area contributed by atoms with Crippen molar-refractivity contribution in [2.75, 3.05) is 31.7 Å². The molecule has 0 bridgehead atoms. The predicted molar refractivity (Wildman–Crippen MR) is 62.4 cm³/mol. The summed E-state index contributed by atoms with van der Waals surface area (Å²) in [5.41, 5.74) is 1.03. The Morgan fingerprint density at radius 2 is 2.38 bits per heavy atom. The van der Waals surface area contributed by atoms with Gasteiger partial charge in [0.25, 0.3) is 0 Å². The van der Waals surface area contributed by atoms with Crippen LogP contribution in [0.25, 0.3) is 0 Å². The third kappa shape index (κ3) is 1.80. The van der Waals surface area contributed by atoms with E-state index in [0.29, 0.717) is 12.3 Å². The lowest BCUT2D eigenvalue weighted by molar-refractivity contribution is 0.109. The van der Waals surface area contributed by atoms with E-state index in [2.05, 4.69) is 11.8 Å². The number of hydrogen-bond donors (Lipinski definition) is 1. The van der Waals surface area contributed by atoms with E-state index in [1.54, 1.807) is 7.11 Å². The molecular weight excluding hydrogens is 206 g/mol. The lowest BCUT2D eigenvalue weighted by Crippen LogP contribution is -2.41. The van der Waals surface area contributed by atoms with Crippen LogP contribution in [-0.4, -0.2) is 38.0 Å². The highest BCUT2D eigenvalue weighted by molar-refractivity contribution is 5.66. The average Bonchev–Trinajstić information content (AvgIpc) is 2.36. The van der Waals surface area contributed by atoms with Gasteiger partial charge in [-0.3, -0.25) is 0 Å². The van der Waals surface area contributed by atoms with Crippen LogP contribution >= 0.6 is 0 Å². The van der Waals surface area contributed by atoms with Gasteiger partial charge in [-0.1, -0.05) is 6.07 Å². The van der Waals surface area contributed by atoms with Crippen LogP contribution in [0.3, 0.4) is 0 Å². The van der Waals surface area contributed by atoms with Crippen molar-refractivity contribution in [2.45, 2.75) is 13.0 Å². The molecule has 1 N–H and O–H groups in total. The molecule has 0 aliphatic carbocycles. The first kappa shape index (κ1) is 11.1. The topological polar surface area (TPSA) is 41.9 Å². The summed E-state index contributed by atoms with van der Waals surface area (Å²) in [6, 6.07) is 5.82. The highest BCUT2D eigenvalue weighted by Crippen LogP contribution is 2.40. The van der Waals surface area contributed by atoms with Crippen LogP contribution in [0, 0.1) is 0 Å². The monoisotopic (exact) mass is 223 g/mol. The fraction of sp³-hybridized carbons (Fsp3) is 0.500. The number of aliphatic hydroxyl groups is 1. The SMILES string of the molecule is CCN1CC(CO)Oc2c(OC)cccc21. The largest absolute Gasteiger partial charge is 0.493 e. The van der Waals surface area contributed by atoms with Crippen LogP contribution in [0.15, 0.2) is 18.2 Å². The van der Waals surface area contributed by atoms with Crippen molar-refractivity contribution in [1.82, 2.24) is 0 Å². The summed E-state index contributed by atoms with van der Waals surface area (Å²) in [4.78, 5) is 2.18. The average molecular weight is 223 g/mol. The lowest BCUT2D eigenvalue weighted by atomic mass is 10.2. The Morgan fingerprint density at radius 1 is 1.56 bits per heavy atom. The van der Waals surface area contributed by atoms with Gasteiger partial charge in [-0.25, -0.2) is 0 Å². The number of rotatable bonds is 3. The van der Waals surface area contributed by atoms with Crippen molar-refractivity contribution >= 4 is 5.69 Å². The normalized spacial score (nSPS) is 18.9. The van der Waals surface area contributed by atoms with Crippen LogP contribution in [-0.2, 0) is 0 Å². The number of ether oxygens (including phenoxy) is 2. The Kier molecular flexibility index (Phi) is 3.19. The highest BCUT2D eigenvalue weighted by Gasteiger charge is 2.26. The van der Waals surface area contributed by atoms with Gasteiger partial charge >= 0.3 is 0 Å². The molecule has 0 fully saturated rings. The summed E-state index contributed by atoms with van der Waals surface area (Å²) in [6.07, 6.45) is -0.177. The van der Waals surface area contributed by atoms with E-state index in [1.165, 1.54) is 0 Å². The fourth-order valence-corrected chi connectivity index (χ4v) is 1.97. The Balaban J connectivity index is 2.41. The van der Waals surface area contributed by atoms with Gasteiger partial charge in [-0.2, -0.15) is 0 Å². The number of methoxy groups -OCH3 is 1. The van der Waals surface area contributed by atoms with E-state index in [1.807, 2.05) is 18.2 Å². The van der Waals surface area contributed by atoms with Crippen molar-refractivity contribution in [2.24, 2.45) is 0 Å². The van der Waals surface area contributed by atoms with Crippen molar-refractivity contribution in [3.63, 3.8) is 0 Å². The minimum absolute atomic E-state index is 0.0218. The molecule has 1 heterocycles. The maximum absolute atomic E-state index is 9.20. The van der Waals surface area contributed by atoms with E-state index in [0.717, 1.165) is 18.0 Å². The number of hydrogen-bond acceptors (Lipinski definition) is 4. The number of aliphatic hydroxyl groups excluding tert-OH is 1. The third-order valence-corrected chi connectivity index (χ3v) is 2.81. The van der Waals surface area contributed by atoms with Gasteiger partial charge < -0.3 is 19.5 Å². The first-order valence-electron chi connectivity index (χ1n) is 5.49. The zero-order valence-electron chi connectivity index (χ0n) is 9.64. The number of anilines is 1. The molecule has 0 radical (unpaired) electrons. The summed E-state index contributed by atoms with van der Waals surface area (Å²) < 4.78 is 11.0. The van der Waals surface area contributed by atoms with Gasteiger partial charge in [0.05, 0.1) is 25.9 Å². The molecule has 0 saturated heterocycles. The van der Waals surface area contributed by atoms with Crippen LogP contribution in [0.2, 0.25) is 0 Å². The van der Waals surface area contributed by atoms with Crippen LogP contribution in [0.4, 0.5) is 5.69 Å². The maximum Gasteiger partial charge on any atom is 0.185 e. The second kappa shape index (κ2) is 4.61. The zero-order chi connectivity index (χ0) is 11.5. The Bertz CT molecular complexity index is 367. The van der Waals surface area contributed by atoms with Crippen LogP contribution < -0.4 is 14.4 Å². The molecular formula is C12H17NO3. The van der Waals surface area contributed by atoms with Crippen molar-refractivity contribution in [3.05, 3.63) is 18.2 Å². The van der Waals surface area contributed by atoms with E-state index in [-0.39, 0.29) is 12.7 Å². The smallest absolute Gasteiger partial charge is 0.185 e. The molecule has 1 aliphatic rings. The van der Waals surface area contributed by atoms with Crippen LogP contribution in [0.5, 0.6) is 11.5 Å². The molecule has 1 aromatic rings. The second-order valence-electron chi connectivity index (χ2n) is 3.77. The van der Waals surface area contributed by atoms with E-state index < -0.39 is 0 Å². The summed E-state index contributed by atoms with van der Waals surface area (Å²) >= 11 is 0. The fourth-order valence-electron chi connectivity index (χ4n) is 1.97. The van der Waals surface area contributed by atoms with Crippen molar-refractivity contribution < 1.29 is 14.6 Å². The maximum atomic E-state index is 9.20. The van der Waals surface area contributed by atoms with Gasteiger partial charge in [0.1, 0.15) is 6.10 Å². The van der Waals surface area contributed by atoms with Gasteiger partial charge in [0, 0.05) is 6.54 Å². The number of fused-ring (bicyclic) bond motifs is 1. The predicted octanol–water partition coefficient (Wildman–Crippen LogP) is 1.27. The molecule has 1 unspecified atom stereocenters. The first-order valence-corrected chi connectivity index (χ1v) is 5.49. The summed E-state index contributed by atoms with van der Waals surface area (Å²) in [7, 11) is 1.62. The Labute approximate surface area is 95.4 Å². The highest BCUT2D eigenvalue weighted by atomic mass is 16.5.